The monoisotopic (exact) mass is 568 g/mol. The molecular formula is C37H20N4OS. The van der Waals surface area contributed by atoms with Crippen molar-refractivity contribution in [2.45, 2.75) is 0 Å². The van der Waals surface area contributed by atoms with Crippen molar-refractivity contribution in [2.24, 2.45) is 0 Å². The Balaban J connectivity index is 1.38. The Morgan fingerprint density at radius 2 is 1.47 bits per heavy atom. The molecule has 0 unspecified atom stereocenters. The highest BCUT2D eigenvalue weighted by molar-refractivity contribution is 7.26. The predicted octanol–water partition coefficient (Wildman–Crippen LogP) is 10.1. The lowest BCUT2D eigenvalue weighted by molar-refractivity contribution is 0.669. The lowest BCUT2D eigenvalue weighted by Gasteiger charge is -2.10. The molecule has 0 N–H and O–H groups in total. The van der Waals surface area contributed by atoms with Crippen molar-refractivity contribution < 1.29 is 4.42 Å². The summed E-state index contributed by atoms with van der Waals surface area (Å²) in [6.45, 7) is 0. The molecule has 0 saturated heterocycles. The number of aromatic nitrogens is 4. The van der Waals surface area contributed by atoms with Crippen LogP contribution in [-0.2, 0) is 0 Å². The minimum absolute atomic E-state index is 0.643. The van der Waals surface area contributed by atoms with E-state index in [2.05, 4.69) is 101 Å². The number of nitrogens with zero attached hydrogens (tertiary/aromatic N) is 4. The van der Waals surface area contributed by atoms with Gasteiger partial charge in [0.1, 0.15) is 11.2 Å². The molecule has 0 saturated carbocycles. The molecule has 0 spiro atoms. The molecule has 0 fully saturated rings. The van der Waals surface area contributed by atoms with Crippen LogP contribution >= 0.6 is 11.3 Å². The van der Waals surface area contributed by atoms with Crippen LogP contribution in [0.25, 0.3) is 92.0 Å². The van der Waals surface area contributed by atoms with E-state index in [1.54, 1.807) is 17.5 Å². The van der Waals surface area contributed by atoms with Gasteiger partial charge in [-0.05, 0) is 59.3 Å². The number of para-hydroxylation sites is 2. The third-order valence-electron chi connectivity index (χ3n) is 8.49. The molecule has 0 bridgehead atoms. The number of hydrogen-bond acceptors (Lipinski definition) is 5. The smallest absolute Gasteiger partial charge is 0.235 e. The standard InChI is InChI=1S/C37H20N4OS/c1-4-12-28-23(9-1)27-18-21-15-16-31-33(24-10-2-5-13-30(24)42-31)26(21)19-29(27)41(28)37-39-34(22-8-7-17-38-20-22)36-35(40-37)25-11-3-6-14-32(25)43-36/h1-20H. The van der Waals surface area contributed by atoms with Gasteiger partial charge in [-0.1, -0.05) is 60.7 Å². The highest BCUT2D eigenvalue weighted by Gasteiger charge is 2.21. The Kier molecular flexibility index (Phi) is 4.54. The minimum Gasteiger partial charge on any atom is -0.456 e. The van der Waals surface area contributed by atoms with Gasteiger partial charge in [-0.2, -0.15) is 0 Å². The number of thiophene rings is 1. The molecule has 10 rings (SSSR count). The fraction of sp³-hybridized carbons (Fsp3) is 0. The van der Waals surface area contributed by atoms with Gasteiger partial charge in [0, 0.05) is 49.6 Å². The number of hydrogen-bond donors (Lipinski definition) is 0. The fourth-order valence-corrected chi connectivity index (χ4v) is 7.76. The van der Waals surface area contributed by atoms with Crippen LogP contribution < -0.4 is 0 Å². The lowest BCUT2D eigenvalue weighted by Crippen LogP contribution is -2.02. The summed E-state index contributed by atoms with van der Waals surface area (Å²) < 4.78 is 10.7. The van der Waals surface area contributed by atoms with Crippen molar-refractivity contribution in [1.82, 2.24) is 19.5 Å². The van der Waals surface area contributed by atoms with Gasteiger partial charge in [-0.15, -0.1) is 11.3 Å². The Morgan fingerprint density at radius 1 is 0.628 bits per heavy atom. The second kappa shape index (κ2) is 8.47. The maximum Gasteiger partial charge on any atom is 0.235 e. The summed E-state index contributed by atoms with van der Waals surface area (Å²) in [4.78, 5) is 15.0. The largest absolute Gasteiger partial charge is 0.456 e. The summed E-state index contributed by atoms with van der Waals surface area (Å²) in [5.74, 6) is 0.643. The summed E-state index contributed by atoms with van der Waals surface area (Å²) >= 11 is 1.73. The molecule has 0 aliphatic heterocycles. The van der Waals surface area contributed by atoms with E-state index in [0.29, 0.717) is 5.95 Å². The van der Waals surface area contributed by atoms with Crippen molar-refractivity contribution >= 4 is 86.2 Å². The van der Waals surface area contributed by atoms with E-state index in [1.165, 1.54) is 15.5 Å². The number of pyridine rings is 1. The van der Waals surface area contributed by atoms with Gasteiger partial charge in [-0.25, -0.2) is 9.97 Å². The summed E-state index contributed by atoms with van der Waals surface area (Å²) in [7, 11) is 0. The van der Waals surface area contributed by atoms with E-state index in [-0.39, 0.29) is 0 Å². The maximum atomic E-state index is 6.26. The molecule has 0 atom stereocenters. The molecule has 0 aliphatic rings. The van der Waals surface area contributed by atoms with Crippen LogP contribution in [0, 0.1) is 0 Å². The average molecular weight is 569 g/mol. The zero-order valence-electron chi connectivity index (χ0n) is 22.7. The number of rotatable bonds is 2. The summed E-state index contributed by atoms with van der Waals surface area (Å²) in [6.07, 6.45) is 3.68. The molecule has 5 nitrogen and oxygen atoms in total. The third-order valence-corrected chi connectivity index (χ3v) is 9.66. The second-order valence-corrected chi connectivity index (χ2v) is 11.9. The first-order valence-corrected chi connectivity index (χ1v) is 15.0. The van der Waals surface area contributed by atoms with Crippen molar-refractivity contribution in [2.75, 3.05) is 0 Å². The highest BCUT2D eigenvalue weighted by Crippen LogP contribution is 2.42. The van der Waals surface area contributed by atoms with Gasteiger partial charge in [0.05, 0.1) is 26.9 Å². The molecule has 5 aromatic carbocycles. The van der Waals surface area contributed by atoms with Gasteiger partial charge >= 0.3 is 0 Å². The molecule has 0 radical (unpaired) electrons. The molecule has 0 aliphatic carbocycles. The third kappa shape index (κ3) is 3.18. The van der Waals surface area contributed by atoms with Crippen LogP contribution in [0.1, 0.15) is 0 Å². The van der Waals surface area contributed by atoms with Crippen LogP contribution in [0.4, 0.5) is 0 Å². The number of furan rings is 1. The van der Waals surface area contributed by atoms with Gasteiger partial charge in [0.15, 0.2) is 0 Å². The van der Waals surface area contributed by atoms with Crippen molar-refractivity contribution in [1.29, 1.82) is 0 Å². The predicted molar refractivity (Wildman–Crippen MR) is 177 cm³/mol. The molecule has 6 heteroatoms. The van der Waals surface area contributed by atoms with Crippen LogP contribution in [0.5, 0.6) is 0 Å². The van der Waals surface area contributed by atoms with E-state index in [0.717, 1.165) is 70.6 Å². The van der Waals surface area contributed by atoms with E-state index in [9.17, 15) is 0 Å². The SMILES string of the molecule is c1cncc(-c2nc(-n3c4ccccc4c4cc5ccc6oc7ccccc7c6c5cc43)nc3c2sc2ccccc23)c1. The molecule has 10 aromatic rings. The summed E-state index contributed by atoms with van der Waals surface area (Å²) in [6, 6.07) is 38.1. The summed E-state index contributed by atoms with van der Waals surface area (Å²) in [5.41, 5.74) is 6.73. The average Bonchev–Trinajstić information content (AvgIpc) is 3.73. The first kappa shape index (κ1) is 23.0. The van der Waals surface area contributed by atoms with Gasteiger partial charge < -0.3 is 4.42 Å². The topological polar surface area (TPSA) is 56.7 Å². The maximum absolute atomic E-state index is 6.26. The fourth-order valence-electron chi connectivity index (χ4n) is 6.60. The van der Waals surface area contributed by atoms with Gasteiger partial charge in [0.2, 0.25) is 5.95 Å². The number of fused-ring (bicyclic) bond motifs is 11. The van der Waals surface area contributed by atoms with Crippen LogP contribution in [0.3, 0.4) is 0 Å². The Labute approximate surface area is 248 Å². The van der Waals surface area contributed by atoms with E-state index < -0.39 is 0 Å². The normalized spacial score (nSPS) is 12.2. The minimum atomic E-state index is 0.643. The molecule has 200 valence electrons. The van der Waals surface area contributed by atoms with Crippen LogP contribution in [0.2, 0.25) is 0 Å². The van der Waals surface area contributed by atoms with Crippen LogP contribution in [-0.4, -0.2) is 19.5 Å². The zero-order valence-corrected chi connectivity index (χ0v) is 23.5. The van der Waals surface area contributed by atoms with Crippen molar-refractivity contribution in [3.05, 3.63) is 122 Å². The first-order chi connectivity index (χ1) is 21.3. The van der Waals surface area contributed by atoms with E-state index in [4.69, 9.17) is 14.4 Å². The van der Waals surface area contributed by atoms with E-state index in [1.807, 2.05) is 24.4 Å². The van der Waals surface area contributed by atoms with Crippen molar-refractivity contribution in [3.8, 4) is 17.2 Å². The Hall–Kier alpha value is -5.59. The molecular weight excluding hydrogens is 549 g/mol. The van der Waals surface area contributed by atoms with Crippen molar-refractivity contribution in [3.63, 3.8) is 0 Å². The quantitative estimate of drug-likeness (QED) is 0.208. The first-order valence-electron chi connectivity index (χ1n) is 14.2. The molecule has 43 heavy (non-hydrogen) atoms. The van der Waals surface area contributed by atoms with Crippen LogP contribution in [0.15, 0.2) is 126 Å². The highest BCUT2D eigenvalue weighted by atomic mass is 32.1. The molecule has 5 heterocycles. The Morgan fingerprint density at radius 3 is 2.37 bits per heavy atom. The molecule has 5 aromatic heterocycles. The second-order valence-electron chi connectivity index (χ2n) is 10.9. The van der Waals surface area contributed by atoms with E-state index >= 15 is 0 Å². The van der Waals surface area contributed by atoms with Gasteiger partial charge in [-0.3, -0.25) is 9.55 Å². The Bertz CT molecular complexity index is 2740. The number of benzene rings is 5. The summed E-state index contributed by atoms with van der Waals surface area (Å²) in [5, 5.41) is 8.03. The van der Waals surface area contributed by atoms with Gasteiger partial charge in [0.25, 0.3) is 0 Å². The molecule has 0 amide bonds. The lowest BCUT2D eigenvalue weighted by atomic mass is 10.0. The zero-order chi connectivity index (χ0) is 28.1.